The van der Waals surface area contributed by atoms with Gasteiger partial charge < -0.3 is 14.7 Å². The molecule has 2 bridgehead atoms. The Morgan fingerprint density at radius 3 is 2.39 bits per heavy atom. The van der Waals surface area contributed by atoms with E-state index in [4.69, 9.17) is 4.74 Å². The summed E-state index contributed by atoms with van der Waals surface area (Å²) in [6.45, 7) is 1.72. The Bertz CT molecular complexity index is 527. The fourth-order valence-corrected chi connectivity index (χ4v) is 4.21. The molecule has 4 nitrogen and oxygen atoms in total. The number of carbonyl (C=O) groups excluding carboxylic acids is 1. The van der Waals surface area contributed by atoms with Crippen molar-refractivity contribution in [1.82, 2.24) is 4.90 Å². The van der Waals surface area contributed by atoms with Crippen LogP contribution in [0.1, 0.15) is 44.6 Å². The van der Waals surface area contributed by atoms with Crippen molar-refractivity contribution in [2.75, 3.05) is 13.7 Å². The molecule has 126 valence electrons. The lowest BCUT2D eigenvalue weighted by atomic mass is 9.78. The van der Waals surface area contributed by atoms with Crippen LogP contribution in [-0.4, -0.2) is 47.8 Å². The molecule has 4 atom stereocenters. The van der Waals surface area contributed by atoms with Gasteiger partial charge in [0.05, 0.1) is 6.61 Å². The Morgan fingerprint density at radius 1 is 1.26 bits per heavy atom. The second-order valence-electron chi connectivity index (χ2n) is 7.01. The van der Waals surface area contributed by atoms with Gasteiger partial charge in [-0.3, -0.25) is 4.79 Å². The summed E-state index contributed by atoms with van der Waals surface area (Å²) in [6, 6.07) is 10.6. The van der Waals surface area contributed by atoms with Gasteiger partial charge in [-0.05, 0) is 44.7 Å². The fourth-order valence-electron chi connectivity index (χ4n) is 4.21. The number of fused-ring (bicyclic) bond motifs is 2. The van der Waals surface area contributed by atoms with Crippen LogP contribution in [0.15, 0.2) is 30.3 Å². The molecule has 2 heterocycles. The molecule has 1 N–H and O–H groups in total. The van der Waals surface area contributed by atoms with Gasteiger partial charge in [0.25, 0.3) is 0 Å². The summed E-state index contributed by atoms with van der Waals surface area (Å²) >= 11 is 0. The molecule has 0 aliphatic carbocycles. The van der Waals surface area contributed by atoms with Crippen LogP contribution in [0, 0.1) is 0 Å². The third-order valence-electron chi connectivity index (χ3n) is 5.92. The van der Waals surface area contributed by atoms with Gasteiger partial charge in [-0.2, -0.15) is 0 Å². The van der Waals surface area contributed by atoms with Crippen LogP contribution in [-0.2, 0) is 14.9 Å². The predicted octanol–water partition coefficient (Wildman–Crippen LogP) is 2.50. The predicted molar refractivity (Wildman–Crippen MR) is 89.2 cm³/mol. The maximum absolute atomic E-state index is 12.9. The van der Waals surface area contributed by atoms with E-state index in [2.05, 4.69) is 11.9 Å². The number of hydrogen-bond donors (Lipinski definition) is 1. The van der Waals surface area contributed by atoms with Crippen LogP contribution < -0.4 is 0 Å². The summed E-state index contributed by atoms with van der Waals surface area (Å²) in [7, 11) is 2.18. The zero-order valence-corrected chi connectivity index (χ0v) is 14.1. The Labute approximate surface area is 138 Å². The fraction of sp³-hybridized carbons (Fsp3) is 0.632. The van der Waals surface area contributed by atoms with Crippen molar-refractivity contribution in [1.29, 1.82) is 0 Å². The number of rotatable bonds is 5. The first-order valence-electron chi connectivity index (χ1n) is 8.70. The van der Waals surface area contributed by atoms with Gasteiger partial charge in [0, 0.05) is 12.1 Å². The van der Waals surface area contributed by atoms with Crippen LogP contribution in [0.4, 0.5) is 0 Å². The molecule has 2 aliphatic heterocycles. The van der Waals surface area contributed by atoms with Crippen molar-refractivity contribution in [3.8, 4) is 0 Å². The largest absolute Gasteiger partial charge is 0.462 e. The topological polar surface area (TPSA) is 49.8 Å². The van der Waals surface area contributed by atoms with Crippen molar-refractivity contribution in [2.45, 2.75) is 62.6 Å². The summed E-state index contributed by atoms with van der Waals surface area (Å²) < 4.78 is 5.90. The van der Waals surface area contributed by atoms with Crippen LogP contribution in [0.5, 0.6) is 0 Å². The maximum atomic E-state index is 12.9. The van der Waals surface area contributed by atoms with Crippen molar-refractivity contribution < 1.29 is 14.6 Å². The highest BCUT2D eigenvalue weighted by Crippen LogP contribution is 2.37. The highest BCUT2D eigenvalue weighted by molar-refractivity contribution is 5.83. The van der Waals surface area contributed by atoms with Crippen molar-refractivity contribution >= 4 is 5.97 Å². The van der Waals surface area contributed by atoms with Crippen molar-refractivity contribution in [3.63, 3.8) is 0 Å². The smallest absolute Gasteiger partial charge is 0.319 e. The molecule has 23 heavy (non-hydrogen) atoms. The molecule has 0 aromatic heterocycles. The van der Waals surface area contributed by atoms with E-state index in [1.807, 2.05) is 37.3 Å². The average Bonchev–Trinajstić information content (AvgIpc) is 2.79. The second kappa shape index (κ2) is 6.62. The molecule has 1 aromatic rings. The molecule has 0 radical (unpaired) electrons. The van der Waals surface area contributed by atoms with E-state index in [-0.39, 0.29) is 18.7 Å². The summed E-state index contributed by atoms with van der Waals surface area (Å²) in [5.74, 6) is -0.275. The second-order valence-corrected chi connectivity index (χ2v) is 7.01. The number of esters is 1. The molecule has 1 aromatic carbocycles. The lowest BCUT2D eigenvalue weighted by Gasteiger charge is -2.38. The van der Waals surface area contributed by atoms with E-state index in [1.165, 1.54) is 12.8 Å². The van der Waals surface area contributed by atoms with E-state index in [9.17, 15) is 9.90 Å². The standard InChI is InChI=1S/C19H27NO3/c1-3-19(13-21,14-7-5-4-6-8-14)18(22)23-17-11-15-9-10-16(12-17)20(15)2/h4-8,15-17,21H,3,9-13H2,1-2H3/t15-,16+,17+,19?. The molecule has 2 saturated heterocycles. The third kappa shape index (κ3) is 2.90. The zero-order chi connectivity index (χ0) is 16.4. The van der Waals surface area contributed by atoms with Gasteiger partial charge in [-0.25, -0.2) is 0 Å². The Morgan fingerprint density at radius 2 is 1.87 bits per heavy atom. The van der Waals surface area contributed by atoms with Gasteiger partial charge in [-0.15, -0.1) is 0 Å². The number of aliphatic hydroxyl groups is 1. The minimum atomic E-state index is -0.941. The molecule has 3 rings (SSSR count). The monoisotopic (exact) mass is 317 g/mol. The van der Waals surface area contributed by atoms with Gasteiger partial charge in [0.1, 0.15) is 11.5 Å². The number of ether oxygens (including phenoxy) is 1. The van der Waals surface area contributed by atoms with E-state index < -0.39 is 5.41 Å². The summed E-state index contributed by atoms with van der Waals surface area (Å²) in [5.41, 5.74) is -0.102. The first-order chi connectivity index (χ1) is 11.1. The first-order valence-corrected chi connectivity index (χ1v) is 8.70. The average molecular weight is 317 g/mol. The zero-order valence-electron chi connectivity index (χ0n) is 14.1. The van der Waals surface area contributed by atoms with Crippen LogP contribution >= 0.6 is 0 Å². The van der Waals surface area contributed by atoms with Crippen molar-refractivity contribution in [3.05, 3.63) is 35.9 Å². The normalized spacial score (nSPS) is 30.0. The summed E-state index contributed by atoms with van der Waals surface area (Å²) in [6.07, 6.45) is 4.75. The molecule has 4 heteroatoms. The molecule has 0 spiro atoms. The number of hydrogen-bond acceptors (Lipinski definition) is 4. The SMILES string of the molecule is CCC(CO)(C(=O)O[C@H]1C[C@H]2CC[C@@H](C1)N2C)c1ccccc1. The molecular weight excluding hydrogens is 290 g/mol. The van der Waals surface area contributed by atoms with E-state index in [0.29, 0.717) is 18.5 Å². The number of benzene rings is 1. The van der Waals surface area contributed by atoms with Gasteiger partial charge in [0.15, 0.2) is 0 Å². The molecule has 2 fully saturated rings. The molecule has 2 aliphatic rings. The lowest BCUT2D eigenvalue weighted by Crippen LogP contribution is -2.47. The Kier molecular flexibility index (Phi) is 4.74. The van der Waals surface area contributed by atoms with Crippen LogP contribution in [0.2, 0.25) is 0 Å². The van der Waals surface area contributed by atoms with E-state index >= 15 is 0 Å². The first kappa shape index (κ1) is 16.5. The van der Waals surface area contributed by atoms with E-state index in [1.54, 1.807) is 0 Å². The number of piperidine rings is 1. The highest BCUT2D eigenvalue weighted by Gasteiger charge is 2.44. The van der Waals surface area contributed by atoms with Gasteiger partial charge in [0.2, 0.25) is 0 Å². The van der Waals surface area contributed by atoms with Gasteiger partial charge >= 0.3 is 5.97 Å². The molecule has 0 amide bonds. The minimum absolute atomic E-state index is 0.0163. The number of carbonyl (C=O) groups is 1. The Hall–Kier alpha value is -1.39. The lowest BCUT2D eigenvalue weighted by molar-refractivity contribution is -0.161. The molecule has 1 unspecified atom stereocenters. The van der Waals surface area contributed by atoms with Crippen molar-refractivity contribution in [2.24, 2.45) is 0 Å². The number of nitrogens with zero attached hydrogens (tertiary/aromatic N) is 1. The summed E-state index contributed by atoms with van der Waals surface area (Å²) in [4.78, 5) is 15.3. The number of aliphatic hydroxyl groups excluding tert-OH is 1. The molecular formula is C19H27NO3. The highest BCUT2D eigenvalue weighted by atomic mass is 16.5. The summed E-state index contributed by atoms with van der Waals surface area (Å²) in [5, 5.41) is 9.98. The van der Waals surface area contributed by atoms with Crippen LogP contribution in [0.3, 0.4) is 0 Å². The maximum Gasteiger partial charge on any atom is 0.319 e. The molecule has 0 saturated carbocycles. The quantitative estimate of drug-likeness (QED) is 0.848. The third-order valence-corrected chi connectivity index (χ3v) is 5.92. The van der Waals surface area contributed by atoms with E-state index in [0.717, 1.165) is 18.4 Å². The minimum Gasteiger partial charge on any atom is -0.462 e. The Balaban J connectivity index is 1.75. The van der Waals surface area contributed by atoms with Crippen LogP contribution in [0.25, 0.3) is 0 Å². The van der Waals surface area contributed by atoms with Gasteiger partial charge in [-0.1, -0.05) is 37.3 Å².